The molecule has 1 aliphatic carbocycles. The van der Waals surface area contributed by atoms with Crippen LogP contribution in [0.4, 0.5) is 5.69 Å². The minimum absolute atomic E-state index is 0.0198. The topological polar surface area (TPSA) is 40.5 Å². The number of amides is 1. The van der Waals surface area contributed by atoms with E-state index in [1.807, 2.05) is 12.1 Å². The maximum atomic E-state index is 12.8. The molecule has 5 nitrogen and oxygen atoms in total. The van der Waals surface area contributed by atoms with Crippen molar-refractivity contribution in [2.45, 2.75) is 53.4 Å². The molecule has 1 amide bonds. The zero-order valence-electron chi connectivity index (χ0n) is 23.0. The van der Waals surface area contributed by atoms with Crippen molar-refractivity contribution in [2.24, 2.45) is 5.92 Å². The van der Waals surface area contributed by atoms with Crippen LogP contribution in [0.15, 0.2) is 48.5 Å². The summed E-state index contributed by atoms with van der Waals surface area (Å²) in [6.45, 7) is 14.9. The van der Waals surface area contributed by atoms with Crippen LogP contribution in [0, 0.1) is 26.7 Å². The molecule has 2 aliphatic rings. The van der Waals surface area contributed by atoms with Gasteiger partial charge < -0.3 is 14.8 Å². The maximum absolute atomic E-state index is 12.8. The number of hydrogen-bond donors (Lipinski definition) is 1. The first-order valence-electron chi connectivity index (χ1n) is 14.0. The Morgan fingerprint density at radius 3 is 2.49 bits per heavy atom. The largest absolute Gasteiger partial charge is 0.369 e. The molecule has 1 atom stereocenters. The zero-order valence-corrected chi connectivity index (χ0v) is 23.0. The minimum Gasteiger partial charge on any atom is -0.369 e. The SMILES string of the molecule is Cc1ccc(C)c(N2CCN(CCCNC(=O)c3ccc(-n4c(C)cc5c4CC[C@H](C)C5)cc3)CC2)c1. The summed E-state index contributed by atoms with van der Waals surface area (Å²) < 4.78 is 2.38. The van der Waals surface area contributed by atoms with Gasteiger partial charge in [0.25, 0.3) is 5.91 Å². The Morgan fingerprint density at radius 1 is 0.973 bits per heavy atom. The summed E-state index contributed by atoms with van der Waals surface area (Å²) in [7, 11) is 0. The molecule has 1 aliphatic heterocycles. The highest BCUT2D eigenvalue weighted by molar-refractivity contribution is 5.94. The van der Waals surface area contributed by atoms with Crippen molar-refractivity contribution in [2.75, 3.05) is 44.2 Å². The Kier molecular flexibility index (Phi) is 7.71. The van der Waals surface area contributed by atoms with E-state index < -0.39 is 0 Å². The van der Waals surface area contributed by atoms with Crippen molar-refractivity contribution in [3.63, 3.8) is 0 Å². The normalized spacial score (nSPS) is 18.1. The fourth-order valence-corrected chi connectivity index (χ4v) is 6.07. The van der Waals surface area contributed by atoms with Gasteiger partial charge in [0.2, 0.25) is 0 Å². The molecule has 5 heteroatoms. The molecule has 0 saturated carbocycles. The first kappa shape index (κ1) is 25.6. The highest BCUT2D eigenvalue weighted by Gasteiger charge is 2.21. The van der Waals surface area contributed by atoms with Crippen LogP contribution in [-0.2, 0) is 12.8 Å². The lowest BCUT2D eigenvalue weighted by Gasteiger charge is -2.37. The highest BCUT2D eigenvalue weighted by Crippen LogP contribution is 2.30. The Balaban J connectivity index is 1.08. The van der Waals surface area contributed by atoms with E-state index in [1.165, 1.54) is 46.6 Å². The van der Waals surface area contributed by atoms with Crippen LogP contribution in [0.25, 0.3) is 5.69 Å². The molecule has 0 unspecified atom stereocenters. The smallest absolute Gasteiger partial charge is 0.251 e. The van der Waals surface area contributed by atoms with Crippen molar-refractivity contribution >= 4 is 11.6 Å². The molecule has 5 rings (SSSR count). The molecule has 0 radical (unpaired) electrons. The van der Waals surface area contributed by atoms with Crippen molar-refractivity contribution in [3.05, 3.63) is 82.2 Å². The van der Waals surface area contributed by atoms with E-state index in [0.29, 0.717) is 6.54 Å². The van der Waals surface area contributed by atoms with Crippen LogP contribution in [0.3, 0.4) is 0 Å². The molecule has 2 heterocycles. The first-order chi connectivity index (χ1) is 17.9. The summed E-state index contributed by atoms with van der Waals surface area (Å²) >= 11 is 0. The van der Waals surface area contributed by atoms with Crippen LogP contribution < -0.4 is 10.2 Å². The van der Waals surface area contributed by atoms with Gasteiger partial charge in [-0.3, -0.25) is 9.69 Å². The predicted octanol–water partition coefficient (Wildman–Crippen LogP) is 5.47. The summed E-state index contributed by atoms with van der Waals surface area (Å²) in [6.07, 6.45) is 4.53. The van der Waals surface area contributed by atoms with Crippen molar-refractivity contribution in [3.8, 4) is 5.69 Å². The third kappa shape index (κ3) is 5.77. The molecule has 0 bridgehead atoms. The van der Waals surface area contributed by atoms with E-state index in [4.69, 9.17) is 0 Å². The summed E-state index contributed by atoms with van der Waals surface area (Å²) in [5.41, 5.74) is 10.2. The zero-order chi connectivity index (χ0) is 25.9. The van der Waals surface area contributed by atoms with Gasteiger partial charge in [-0.1, -0.05) is 19.1 Å². The number of nitrogens with zero attached hydrogens (tertiary/aromatic N) is 3. The van der Waals surface area contributed by atoms with Crippen LogP contribution in [-0.4, -0.2) is 54.6 Å². The van der Waals surface area contributed by atoms with Gasteiger partial charge >= 0.3 is 0 Å². The second-order valence-corrected chi connectivity index (χ2v) is 11.2. The van der Waals surface area contributed by atoms with Gasteiger partial charge in [0, 0.05) is 61.0 Å². The Hall–Kier alpha value is -3.05. The second-order valence-electron chi connectivity index (χ2n) is 11.2. The van der Waals surface area contributed by atoms with Crippen molar-refractivity contribution < 1.29 is 4.79 Å². The average molecular weight is 499 g/mol. The molecule has 1 N–H and O–H groups in total. The van der Waals surface area contributed by atoms with Gasteiger partial charge in [-0.15, -0.1) is 0 Å². The lowest BCUT2D eigenvalue weighted by atomic mass is 9.89. The number of carbonyl (C=O) groups excluding carboxylic acids is 1. The fourth-order valence-electron chi connectivity index (χ4n) is 6.07. The Labute approximate surface area is 222 Å². The molecule has 37 heavy (non-hydrogen) atoms. The Morgan fingerprint density at radius 2 is 1.73 bits per heavy atom. The quantitative estimate of drug-likeness (QED) is 0.439. The molecule has 196 valence electrons. The van der Waals surface area contributed by atoms with Gasteiger partial charge in [0.1, 0.15) is 0 Å². The molecule has 0 spiro atoms. The monoisotopic (exact) mass is 498 g/mol. The van der Waals surface area contributed by atoms with Gasteiger partial charge in [0.05, 0.1) is 0 Å². The number of aryl methyl sites for hydroxylation is 3. The van der Waals surface area contributed by atoms with Crippen LogP contribution in [0.2, 0.25) is 0 Å². The third-order valence-electron chi connectivity index (χ3n) is 8.22. The number of carbonyl (C=O) groups is 1. The number of nitrogens with one attached hydrogen (secondary N) is 1. The summed E-state index contributed by atoms with van der Waals surface area (Å²) in [5, 5.41) is 3.12. The summed E-state index contributed by atoms with van der Waals surface area (Å²) in [4.78, 5) is 17.8. The molecule has 1 aromatic heterocycles. The maximum Gasteiger partial charge on any atom is 0.251 e. The van der Waals surface area contributed by atoms with Gasteiger partial charge in [-0.2, -0.15) is 0 Å². The molecular weight excluding hydrogens is 456 g/mol. The van der Waals surface area contributed by atoms with E-state index in [2.05, 4.69) is 83.8 Å². The predicted molar refractivity (Wildman–Crippen MR) is 153 cm³/mol. The van der Waals surface area contributed by atoms with Crippen LogP contribution in [0.5, 0.6) is 0 Å². The molecular formula is C32H42N4O. The lowest BCUT2D eigenvalue weighted by molar-refractivity contribution is 0.0951. The van der Waals surface area contributed by atoms with E-state index in [0.717, 1.165) is 62.7 Å². The van der Waals surface area contributed by atoms with Gasteiger partial charge in [-0.25, -0.2) is 0 Å². The number of fused-ring (bicyclic) bond motifs is 1. The number of piperazine rings is 1. The van der Waals surface area contributed by atoms with Crippen LogP contribution in [0.1, 0.15) is 58.2 Å². The molecule has 3 aromatic rings. The number of rotatable bonds is 7. The molecule has 2 aromatic carbocycles. The number of aromatic nitrogens is 1. The minimum atomic E-state index is 0.0198. The number of anilines is 1. The summed E-state index contributed by atoms with van der Waals surface area (Å²) in [6, 6.07) is 17.2. The van der Waals surface area contributed by atoms with E-state index >= 15 is 0 Å². The first-order valence-corrected chi connectivity index (χ1v) is 14.0. The van der Waals surface area contributed by atoms with E-state index in [9.17, 15) is 4.79 Å². The molecule has 1 fully saturated rings. The highest BCUT2D eigenvalue weighted by atomic mass is 16.1. The average Bonchev–Trinajstić information content (AvgIpc) is 3.23. The van der Waals surface area contributed by atoms with Gasteiger partial charge in [-0.05, 0) is 112 Å². The number of benzene rings is 2. The van der Waals surface area contributed by atoms with Crippen LogP contribution >= 0.6 is 0 Å². The Bertz CT molecular complexity index is 1230. The second kappa shape index (κ2) is 11.1. The molecule has 1 saturated heterocycles. The summed E-state index contributed by atoms with van der Waals surface area (Å²) in [5.74, 6) is 0.785. The fraction of sp³-hybridized carbons (Fsp3) is 0.469. The van der Waals surface area contributed by atoms with Gasteiger partial charge in [0.15, 0.2) is 0 Å². The van der Waals surface area contributed by atoms with E-state index in [1.54, 1.807) is 0 Å². The van der Waals surface area contributed by atoms with Crippen molar-refractivity contribution in [1.82, 2.24) is 14.8 Å². The van der Waals surface area contributed by atoms with Crippen molar-refractivity contribution in [1.29, 1.82) is 0 Å². The number of hydrogen-bond acceptors (Lipinski definition) is 3. The standard InChI is InChI=1S/C32H42N4O/c1-23-7-13-30-28(20-23)22-26(4)36(30)29-11-9-27(10-12-29)32(37)33-14-5-15-34-16-18-35(19-17-34)31-21-24(2)6-8-25(31)3/h6,8-12,21-23H,5,7,13-20H2,1-4H3,(H,33,37)/t23-/m0/s1. The lowest BCUT2D eigenvalue weighted by Crippen LogP contribution is -2.47. The third-order valence-corrected chi connectivity index (χ3v) is 8.22. The van der Waals surface area contributed by atoms with E-state index in [-0.39, 0.29) is 5.91 Å².